The van der Waals surface area contributed by atoms with Gasteiger partial charge in [0, 0.05) is 13.1 Å². The van der Waals surface area contributed by atoms with Crippen LogP contribution in [0.2, 0.25) is 0 Å². The molecule has 106 valence electrons. The molecule has 1 aromatic carbocycles. The molecular formula is C12H13N3O4S. The minimum atomic E-state index is -3.79. The van der Waals surface area contributed by atoms with Crippen molar-refractivity contribution in [3.05, 3.63) is 29.8 Å². The highest BCUT2D eigenvalue weighted by Gasteiger charge is 2.45. The smallest absolute Gasteiger partial charge is 0.325 e. The molecule has 2 rings (SSSR count). The monoisotopic (exact) mass is 295 g/mol. The number of rotatable bonds is 3. The minimum Gasteiger partial charge on any atom is -0.480 e. The Kier molecular flexibility index (Phi) is 3.52. The molecule has 0 aromatic heterocycles. The number of nitriles is 1. The van der Waals surface area contributed by atoms with Crippen molar-refractivity contribution in [3.63, 3.8) is 0 Å². The summed E-state index contributed by atoms with van der Waals surface area (Å²) in [6, 6.07) is 7.34. The van der Waals surface area contributed by atoms with Gasteiger partial charge in [-0.15, -0.1) is 0 Å². The van der Waals surface area contributed by atoms with Crippen LogP contribution in [0.3, 0.4) is 0 Å². The van der Waals surface area contributed by atoms with Gasteiger partial charge in [0.15, 0.2) is 0 Å². The molecular weight excluding hydrogens is 282 g/mol. The number of hydrogen-bond acceptors (Lipinski definition) is 5. The van der Waals surface area contributed by atoms with E-state index in [1.54, 1.807) is 0 Å². The van der Waals surface area contributed by atoms with E-state index in [2.05, 4.69) is 0 Å². The first-order valence-corrected chi connectivity index (χ1v) is 7.26. The molecule has 0 spiro atoms. The van der Waals surface area contributed by atoms with Gasteiger partial charge in [-0.2, -0.15) is 9.57 Å². The zero-order valence-electron chi connectivity index (χ0n) is 10.5. The van der Waals surface area contributed by atoms with Crippen LogP contribution in [-0.4, -0.2) is 42.4 Å². The first-order valence-electron chi connectivity index (χ1n) is 5.82. The van der Waals surface area contributed by atoms with E-state index in [9.17, 15) is 13.2 Å². The number of nitrogens with zero attached hydrogens (tertiary/aromatic N) is 2. The predicted octanol–water partition coefficient (Wildman–Crippen LogP) is -0.265. The average molecular weight is 295 g/mol. The summed E-state index contributed by atoms with van der Waals surface area (Å²) in [4.78, 5) is 11.1. The van der Waals surface area contributed by atoms with Crippen molar-refractivity contribution >= 4 is 16.0 Å². The normalized spacial score (nSPS) is 23.4. The molecule has 1 aromatic rings. The second-order valence-electron chi connectivity index (χ2n) is 4.69. The molecule has 1 heterocycles. The van der Waals surface area contributed by atoms with Crippen molar-refractivity contribution < 1.29 is 18.3 Å². The third-order valence-electron chi connectivity index (χ3n) is 3.31. The van der Waals surface area contributed by atoms with Crippen molar-refractivity contribution in [3.8, 4) is 6.07 Å². The van der Waals surface area contributed by atoms with Crippen LogP contribution in [0.15, 0.2) is 29.2 Å². The molecule has 3 N–H and O–H groups in total. The van der Waals surface area contributed by atoms with Gasteiger partial charge in [0.05, 0.1) is 16.5 Å². The van der Waals surface area contributed by atoms with Crippen LogP contribution in [0.5, 0.6) is 0 Å². The van der Waals surface area contributed by atoms with E-state index in [0.717, 1.165) is 4.31 Å². The summed E-state index contributed by atoms with van der Waals surface area (Å²) in [5.74, 6) is -1.21. The van der Waals surface area contributed by atoms with Gasteiger partial charge in [-0.05, 0) is 30.7 Å². The summed E-state index contributed by atoms with van der Waals surface area (Å²) in [5, 5.41) is 17.7. The molecule has 0 saturated carbocycles. The Bertz CT molecular complexity index is 678. The molecule has 0 radical (unpaired) electrons. The summed E-state index contributed by atoms with van der Waals surface area (Å²) in [5.41, 5.74) is 4.47. The lowest BCUT2D eigenvalue weighted by molar-refractivity contribution is -0.142. The van der Waals surface area contributed by atoms with E-state index >= 15 is 0 Å². The zero-order chi connectivity index (χ0) is 15.0. The third kappa shape index (κ3) is 2.38. The zero-order valence-corrected chi connectivity index (χ0v) is 11.3. The topological polar surface area (TPSA) is 124 Å². The Morgan fingerprint density at radius 1 is 1.40 bits per heavy atom. The fraction of sp³-hybridized carbons (Fsp3) is 0.333. The highest BCUT2D eigenvalue weighted by molar-refractivity contribution is 7.89. The molecule has 1 unspecified atom stereocenters. The second-order valence-corrected chi connectivity index (χ2v) is 6.62. The lowest BCUT2D eigenvalue weighted by atomic mass is 10.0. The van der Waals surface area contributed by atoms with E-state index in [1.165, 1.54) is 24.3 Å². The Balaban J connectivity index is 2.28. The molecule has 1 fully saturated rings. The summed E-state index contributed by atoms with van der Waals surface area (Å²) in [6.07, 6.45) is 0.0673. The fourth-order valence-corrected chi connectivity index (χ4v) is 3.54. The van der Waals surface area contributed by atoms with Crippen molar-refractivity contribution in [2.45, 2.75) is 16.9 Å². The minimum absolute atomic E-state index is 0.0196. The van der Waals surface area contributed by atoms with Gasteiger partial charge in [0.1, 0.15) is 5.54 Å². The average Bonchev–Trinajstić information content (AvgIpc) is 2.84. The predicted molar refractivity (Wildman–Crippen MR) is 69.1 cm³/mol. The largest absolute Gasteiger partial charge is 0.480 e. The first-order chi connectivity index (χ1) is 9.29. The summed E-state index contributed by atoms with van der Waals surface area (Å²) >= 11 is 0. The van der Waals surface area contributed by atoms with Gasteiger partial charge in [0.25, 0.3) is 0 Å². The third-order valence-corrected chi connectivity index (χ3v) is 5.17. The molecule has 7 nitrogen and oxygen atoms in total. The van der Waals surface area contributed by atoms with Crippen LogP contribution in [-0.2, 0) is 14.8 Å². The lowest BCUT2D eigenvalue weighted by Crippen LogP contribution is -2.50. The summed E-state index contributed by atoms with van der Waals surface area (Å²) in [7, 11) is -3.79. The van der Waals surface area contributed by atoms with Gasteiger partial charge in [-0.3, -0.25) is 4.79 Å². The molecule has 0 aliphatic carbocycles. The lowest BCUT2D eigenvalue weighted by Gasteiger charge is -2.20. The highest BCUT2D eigenvalue weighted by atomic mass is 32.2. The number of carboxylic acid groups (broad SMARTS) is 1. The maximum Gasteiger partial charge on any atom is 0.325 e. The van der Waals surface area contributed by atoms with E-state index in [1.807, 2.05) is 6.07 Å². The fourth-order valence-electron chi connectivity index (χ4n) is 2.03. The first kappa shape index (κ1) is 14.5. The molecule has 1 atom stereocenters. The number of aliphatic carboxylic acids is 1. The highest BCUT2D eigenvalue weighted by Crippen LogP contribution is 2.26. The van der Waals surface area contributed by atoms with Gasteiger partial charge < -0.3 is 10.8 Å². The number of carboxylic acids is 1. The Hall–Kier alpha value is -1.95. The molecule has 1 aliphatic rings. The number of nitrogens with two attached hydrogens (primary N) is 1. The maximum absolute atomic E-state index is 12.3. The van der Waals surface area contributed by atoms with Crippen LogP contribution in [0.4, 0.5) is 0 Å². The van der Waals surface area contributed by atoms with Crippen LogP contribution >= 0.6 is 0 Å². The van der Waals surface area contributed by atoms with E-state index in [0.29, 0.717) is 5.56 Å². The Morgan fingerprint density at radius 3 is 2.45 bits per heavy atom. The quantitative estimate of drug-likeness (QED) is 0.791. The number of sulfonamides is 1. The van der Waals surface area contributed by atoms with E-state index < -0.39 is 21.5 Å². The van der Waals surface area contributed by atoms with Crippen molar-refractivity contribution in [1.29, 1.82) is 5.26 Å². The van der Waals surface area contributed by atoms with Gasteiger partial charge in [-0.1, -0.05) is 0 Å². The van der Waals surface area contributed by atoms with Crippen LogP contribution in [0.25, 0.3) is 0 Å². The SMILES string of the molecule is N#Cc1ccc(S(=O)(=O)N2CCC(N)(C(=O)O)C2)cc1. The Morgan fingerprint density at radius 2 is 2.00 bits per heavy atom. The van der Waals surface area contributed by atoms with Crippen LogP contribution < -0.4 is 5.73 Å². The molecule has 0 amide bonds. The number of hydrogen-bond donors (Lipinski definition) is 2. The van der Waals surface area contributed by atoms with Gasteiger partial charge in [0.2, 0.25) is 10.0 Å². The molecule has 1 saturated heterocycles. The van der Waals surface area contributed by atoms with Gasteiger partial charge >= 0.3 is 5.97 Å². The molecule has 0 bridgehead atoms. The number of carbonyl (C=O) groups is 1. The van der Waals surface area contributed by atoms with Crippen LogP contribution in [0.1, 0.15) is 12.0 Å². The van der Waals surface area contributed by atoms with Crippen molar-refractivity contribution in [2.75, 3.05) is 13.1 Å². The van der Waals surface area contributed by atoms with Crippen LogP contribution in [0, 0.1) is 11.3 Å². The van der Waals surface area contributed by atoms with Gasteiger partial charge in [-0.25, -0.2) is 8.42 Å². The second kappa shape index (κ2) is 4.86. The number of benzene rings is 1. The maximum atomic E-state index is 12.3. The standard InChI is InChI=1S/C12H13N3O4S/c13-7-9-1-3-10(4-2-9)20(18,19)15-6-5-12(14,8-15)11(16)17/h1-4H,5-6,8,14H2,(H,16,17). The summed E-state index contributed by atoms with van der Waals surface area (Å²) < 4.78 is 25.7. The molecule has 8 heteroatoms. The van der Waals surface area contributed by atoms with Crippen molar-refractivity contribution in [2.24, 2.45) is 5.73 Å². The van der Waals surface area contributed by atoms with E-state index in [4.69, 9.17) is 16.1 Å². The van der Waals surface area contributed by atoms with E-state index in [-0.39, 0.29) is 24.4 Å². The Labute approximate surface area is 116 Å². The van der Waals surface area contributed by atoms with Crippen molar-refractivity contribution in [1.82, 2.24) is 4.31 Å². The molecule has 20 heavy (non-hydrogen) atoms. The molecule has 1 aliphatic heterocycles. The summed E-state index contributed by atoms with van der Waals surface area (Å²) in [6.45, 7) is -0.199.